The fraction of sp³-hybridized carbons (Fsp3) is 0.238. The number of rotatable bonds is 6. The SMILES string of the molecule is CCOCCn1c(=NC(=O)C=Cc2ccc3c(c2)OCO3)sc2cc(Br)ccc21. The lowest BCUT2D eigenvalue weighted by atomic mass is 10.2. The van der Waals surface area contributed by atoms with E-state index in [9.17, 15) is 4.79 Å². The third-order valence-corrected chi connectivity index (χ3v) is 5.86. The molecule has 0 aliphatic carbocycles. The predicted molar refractivity (Wildman–Crippen MR) is 116 cm³/mol. The van der Waals surface area contributed by atoms with E-state index in [1.54, 1.807) is 6.08 Å². The van der Waals surface area contributed by atoms with Gasteiger partial charge in [0.2, 0.25) is 6.79 Å². The molecule has 8 heteroatoms. The van der Waals surface area contributed by atoms with Gasteiger partial charge in [0.15, 0.2) is 16.3 Å². The van der Waals surface area contributed by atoms with Crippen molar-refractivity contribution < 1.29 is 19.0 Å². The van der Waals surface area contributed by atoms with Crippen LogP contribution in [-0.4, -0.2) is 30.5 Å². The minimum atomic E-state index is -0.321. The summed E-state index contributed by atoms with van der Waals surface area (Å²) in [5.74, 6) is 1.07. The summed E-state index contributed by atoms with van der Waals surface area (Å²) in [5.41, 5.74) is 1.88. The first-order chi connectivity index (χ1) is 14.1. The summed E-state index contributed by atoms with van der Waals surface area (Å²) in [4.78, 5) is 17.5. The summed E-state index contributed by atoms with van der Waals surface area (Å²) in [7, 11) is 0. The molecule has 2 heterocycles. The van der Waals surface area contributed by atoms with Gasteiger partial charge in [0.1, 0.15) is 0 Å². The van der Waals surface area contributed by atoms with Crippen LogP contribution in [0.15, 0.2) is 51.9 Å². The van der Waals surface area contributed by atoms with Gasteiger partial charge in [0.25, 0.3) is 5.91 Å². The smallest absolute Gasteiger partial charge is 0.272 e. The summed E-state index contributed by atoms with van der Waals surface area (Å²) in [6.45, 7) is 4.03. The molecule has 0 atom stereocenters. The Morgan fingerprint density at radius 1 is 1.28 bits per heavy atom. The van der Waals surface area contributed by atoms with E-state index in [4.69, 9.17) is 14.2 Å². The maximum Gasteiger partial charge on any atom is 0.272 e. The van der Waals surface area contributed by atoms with Gasteiger partial charge in [-0.3, -0.25) is 4.79 Å². The van der Waals surface area contributed by atoms with Crippen molar-refractivity contribution >= 4 is 49.5 Å². The van der Waals surface area contributed by atoms with Crippen LogP contribution in [0.3, 0.4) is 0 Å². The third-order valence-electron chi connectivity index (χ3n) is 4.33. The van der Waals surface area contributed by atoms with Crippen LogP contribution in [0.25, 0.3) is 16.3 Å². The molecular formula is C21H19BrN2O4S. The van der Waals surface area contributed by atoms with E-state index < -0.39 is 0 Å². The summed E-state index contributed by atoms with van der Waals surface area (Å²) in [6, 6.07) is 11.6. The number of aromatic nitrogens is 1. The lowest BCUT2D eigenvalue weighted by Crippen LogP contribution is -2.19. The molecule has 1 aromatic heterocycles. The van der Waals surface area contributed by atoms with Crippen molar-refractivity contribution in [3.05, 3.63) is 57.3 Å². The molecule has 1 aliphatic rings. The molecule has 0 unspecified atom stereocenters. The number of carbonyl (C=O) groups is 1. The first-order valence-electron chi connectivity index (χ1n) is 9.17. The highest BCUT2D eigenvalue weighted by Gasteiger charge is 2.12. The first-order valence-corrected chi connectivity index (χ1v) is 10.8. The highest BCUT2D eigenvalue weighted by Crippen LogP contribution is 2.32. The van der Waals surface area contributed by atoms with Crippen molar-refractivity contribution in [2.45, 2.75) is 13.5 Å². The van der Waals surface area contributed by atoms with Crippen LogP contribution >= 0.6 is 27.3 Å². The monoisotopic (exact) mass is 474 g/mol. The van der Waals surface area contributed by atoms with Gasteiger partial charge in [-0.05, 0) is 48.9 Å². The molecule has 1 aliphatic heterocycles. The van der Waals surface area contributed by atoms with Gasteiger partial charge < -0.3 is 18.8 Å². The zero-order valence-electron chi connectivity index (χ0n) is 15.8. The van der Waals surface area contributed by atoms with E-state index in [0.717, 1.165) is 20.3 Å². The Kier molecular flexibility index (Phi) is 6.13. The molecule has 0 N–H and O–H groups in total. The van der Waals surface area contributed by atoms with Crippen LogP contribution in [0.5, 0.6) is 11.5 Å². The quantitative estimate of drug-likeness (QED) is 0.393. The Morgan fingerprint density at radius 2 is 2.14 bits per heavy atom. The number of hydrogen-bond donors (Lipinski definition) is 0. The maximum atomic E-state index is 12.5. The number of amides is 1. The standard InChI is InChI=1S/C21H19BrN2O4S/c1-2-26-10-9-24-16-6-5-15(22)12-19(16)29-21(24)23-20(25)8-4-14-3-7-17-18(11-14)28-13-27-17/h3-8,11-12H,2,9-10,13H2,1H3. The number of fused-ring (bicyclic) bond motifs is 2. The van der Waals surface area contributed by atoms with Crippen molar-refractivity contribution in [3.8, 4) is 11.5 Å². The Bertz CT molecular complexity index is 1150. The minimum absolute atomic E-state index is 0.223. The molecule has 29 heavy (non-hydrogen) atoms. The molecule has 0 radical (unpaired) electrons. The van der Waals surface area contributed by atoms with Crippen molar-refractivity contribution in [2.75, 3.05) is 20.0 Å². The van der Waals surface area contributed by atoms with Gasteiger partial charge in [-0.2, -0.15) is 4.99 Å². The van der Waals surface area contributed by atoms with E-state index in [-0.39, 0.29) is 12.7 Å². The van der Waals surface area contributed by atoms with Crippen molar-refractivity contribution in [1.29, 1.82) is 0 Å². The van der Waals surface area contributed by atoms with E-state index in [1.165, 1.54) is 17.4 Å². The minimum Gasteiger partial charge on any atom is -0.454 e. The van der Waals surface area contributed by atoms with E-state index >= 15 is 0 Å². The van der Waals surface area contributed by atoms with Crippen LogP contribution in [0, 0.1) is 0 Å². The molecule has 0 saturated carbocycles. The van der Waals surface area contributed by atoms with Gasteiger partial charge in [-0.25, -0.2) is 0 Å². The third kappa shape index (κ3) is 4.60. The molecule has 3 aromatic rings. The van der Waals surface area contributed by atoms with Crippen LogP contribution in [0.2, 0.25) is 0 Å². The molecule has 6 nitrogen and oxygen atoms in total. The second kappa shape index (κ2) is 8.94. The second-order valence-electron chi connectivity index (χ2n) is 6.24. The highest BCUT2D eigenvalue weighted by atomic mass is 79.9. The van der Waals surface area contributed by atoms with Crippen LogP contribution in [-0.2, 0) is 16.1 Å². The Labute approximate surface area is 180 Å². The van der Waals surface area contributed by atoms with Gasteiger partial charge in [-0.15, -0.1) is 0 Å². The lowest BCUT2D eigenvalue weighted by Gasteiger charge is -2.05. The first kappa shape index (κ1) is 19.9. The molecule has 0 spiro atoms. The molecule has 0 bridgehead atoms. The molecule has 1 amide bonds. The number of carbonyl (C=O) groups excluding carboxylic acids is 1. The van der Waals surface area contributed by atoms with Gasteiger partial charge in [0.05, 0.1) is 16.8 Å². The van der Waals surface area contributed by atoms with Gasteiger partial charge in [-0.1, -0.05) is 33.3 Å². The van der Waals surface area contributed by atoms with Crippen LogP contribution < -0.4 is 14.3 Å². The number of hydrogen-bond acceptors (Lipinski definition) is 5. The predicted octanol–water partition coefficient (Wildman–Crippen LogP) is 4.37. The number of ether oxygens (including phenoxy) is 3. The fourth-order valence-corrected chi connectivity index (χ4v) is 4.58. The average molecular weight is 475 g/mol. The van der Waals surface area contributed by atoms with Gasteiger partial charge >= 0.3 is 0 Å². The number of nitrogens with zero attached hydrogens (tertiary/aromatic N) is 2. The van der Waals surface area contributed by atoms with Crippen LogP contribution in [0.4, 0.5) is 0 Å². The highest BCUT2D eigenvalue weighted by molar-refractivity contribution is 9.10. The average Bonchev–Trinajstić information content (AvgIpc) is 3.30. The van der Waals surface area contributed by atoms with E-state index in [1.807, 2.05) is 47.9 Å². The lowest BCUT2D eigenvalue weighted by molar-refractivity contribution is -0.113. The maximum absolute atomic E-state index is 12.5. The Morgan fingerprint density at radius 3 is 3.00 bits per heavy atom. The molecular weight excluding hydrogens is 456 g/mol. The summed E-state index contributed by atoms with van der Waals surface area (Å²) in [6.07, 6.45) is 3.19. The Hall–Kier alpha value is -2.42. The topological polar surface area (TPSA) is 62.1 Å². The molecule has 0 saturated heterocycles. The van der Waals surface area contributed by atoms with Crippen molar-refractivity contribution in [1.82, 2.24) is 4.57 Å². The van der Waals surface area contributed by atoms with Crippen molar-refractivity contribution in [2.24, 2.45) is 4.99 Å². The molecule has 150 valence electrons. The molecule has 4 rings (SSSR count). The summed E-state index contributed by atoms with van der Waals surface area (Å²) < 4.78 is 20.2. The van der Waals surface area contributed by atoms with Gasteiger partial charge in [0, 0.05) is 23.7 Å². The van der Waals surface area contributed by atoms with Crippen LogP contribution in [0.1, 0.15) is 12.5 Å². The van der Waals surface area contributed by atoms with E-state index in [0.29, 0.717) is 36.1 Å². The number of halogens is 1. The Balaban J connectivity index is 1.61. The van der Waals surface area contributed by atoms with Crippen molar-refractivity contribution in [3.63, 3.8) is 0 Å². The second-order valence-corrected chi connectivity index (χ2v) is 8.17. The van der Waals surface area contributed by atoms with E-state index in [2.05, 4.69) is 20.9 Å². The number of thiazole rings is 1. The zero-order valence-corrected chi connectivity index (χ0v) is 18.2. The zero-order chi connectivity index (χ0) is 20.2. The normalized spacial score (nSPS) is 13.7. The number of benzene rings is 2. The molecule has 2 aromatic carbocycles. The summed E-state index contributed by atoms with van der Waals surface area (Å²) >= 11 is 4.98. The largest absolute Gasteiger partial charge is 0.454 e. The fourth-order valence-electron chi connectivity index (χ4n) is 2.96. The summed E-state index contributed by atoms with van der Waals surface area (Å²) in [5, 5.41) is 0. The molecule has 0 fully saturated rings.